The van der Waals surface area contributed by atoms with Crippen LogP contribution in [-0.2, 0) is 0 Å². The highest BCUT2D eigenvalue weighted by Crippen LogP contribution is 2.10. The van der Waals surface area contributed by atoms with E-state index in [0.29, 0.717) is 22.1 Å². The fraction of sp³-hybridized carbons (Fsp3) is 0.0833. The number of halogens is 1. The van der Waals surface area contributed by atoms with Crippen LogP contribution in [0.15, 0.2) is 30.3 Å². The van der Waals surface area contributed by atoms with Crippen LogP contribution in [-0.4, -0.2) is 15.9 Å². The standard InChI is InChI=1S/C12H12ClN5O/c1-7-5-10(14)16-12(15-7)18-17-11(19)8-3-2-4-9(13)6-8/h2-6H,1H3,(H,17,19)(H3,14,15,16,18). The molecule has 2 aromatic rings. The highest BCUT2D eigenvalue weighted by molar-refractivity contribution is 6.30. The van der Waals surface area contributed by atoms with Crippen molar-refractivity contribution in [2.24, 2.45) is 0 Å². The summed E-state index contributed by atoms with van der Waals surface area (Å²) in [4.78, 5) is 19.8. The van der Waals surface area contributed by atoms with Gasteiger partial charge in [0.25, 0.3) is 5.91 Å². The molecule has 2 rings (SSSR count). The van der Waals surface area contributed by atoms with Gasteiger partial charge in [0.2, 0.25) is 5.95 Å². The predicted molar refractivity (Wildman–Crippen MR) is 73.7 cm³/mol. The molecule has 6 nitrogen and oxygen atoms in total. The maximum absolute atomic E-state index is 11.8. The Balaban J connectivity index is 2.04. The van der Waals surface area contributed by atoms with Crippen LogP contribution in [0.1, 0.15) is 16.1 Å². The minimum atomic E-state index is -0.342. The summed E-state index contributed by atoms with van der Waals surface area (Å²) in [5.41, 5.74) is 11.8. The van der Waals surface area contributed by atoms with Gasteiger partial charge in [-0.1, -0.05) is 17.7 Å². The summed E-state index contributed by atoms with van der Waals surface area (Å²) in [6, 6.07) is 8.22. The number of rotatable bonds is 3. The van der Waals surface area contributed by atoms with Crippen LogP contribution in [0.25, 0.3) is 0 Å². The first-order valence-corrected chi connectivity index (χ1v) is 5.85. The van der Waals surface area contributed by atoms with E-state index in [4.69, 9.17) is 17.3 Å². The van der Waals surface area contributed by atoms with E-state index in [2.05, 4.69) is 20.8 Å². The van der Waals surface area contributed by atoms with E-state index in [9.17, 15) is 4.79 Å². The second-order valence-corrected chi connectivity index (χ2v) is 4.28. The maximum Gasteiger partial charge on any atom is 0.269 e. The summed E-state index contributed by atoms with van der Waals surface area (Å²) in [6.07, 6.45) is 0. The van der Waals surface area contributed by atoms with Gasteiger partial charge in [-0.05, 0) is 25.1 Å². The number of carbonyl (C=O) groups is 1. The molecular formula is C12H12ClN5O. The van der Waals surface area contributed by atoms with Gasteiger partial charge >= 0.3 is 0 Å². The molecule has 0 saturated heterocycles. The van der Waals surface area contributed by atoms with Crippen LogP contribution in [0.5, 0.6) is 0 Å². The highest BCUT2D eigenvalue weighted by Gasteiger charge is 2.06. The van der Waals surface area contributed by atoms with E-state index < -0.39 is 0 Å². The Morgan fingerprint density at radius 3 is 2.79 bits per heavy atom. The smallest absolute Gasteiger partial charge is 0.269 e. The van der Waals surface area contributed by atoms with Crippen molar-refractivity contribution in [3.8, 4) is 0 Å². The molecule has 1 aromatic heterocycles. The minimum absolute atomic E-state index is 0.230. The fourth-order valence-corrected chi connectivity index (χ4v) is 1.65. The van der Waals surface area contributed by atoms with Crippen molar-refractivity contribution in [2.75, 3.05) is 11.2 Å². The van der Waals surface area contributed by atoms with E-state index in [1.165, 1.54) is 0 Å². The summed E-state index contributed by atoms with van der Waals surface area (Å²) in [5.74, 6) is 0.214. The molecule has 0 saturated carbocycles. The first-order valence-electron chi connectivity index (χ1n) is 5.47. The third-order valence-corrected chi connectivity index (χ3v) is 2.48. The van der Waals surface area contributed by atoms with Gasteiger partial charge in [0.1, 0.15) is 5.82 Å². The zero-order chi connectivity index (χ0) is 13.8. The van der Waals surface area contributed by atoms with E-state index in [0.717, 1.165) is 0 Å². The van der Waals surface area contributed by atoms with Gasteiger partial charge in [0.05, 0.1) is 0 Å². The van der Waals surface area contributed by atoms with Gasteiger partial charge in [0, 0.05) is 22.3 Å². The number of amides is 1. The zero-order valence-electron chi connectivity index (χ0n) is 10.1. The Bertz CT molecular complexity index is 597. The summed E-state index contributed by atoms with van der Waals surface area (Å²) >= 11 is 5.81. The van der Waals surface area contributed by atoms with Gasteiger partial charge in [-0.15, -0.1) is 0 Å². The van der Waals surface area contributed by atoms with Gasteiger partial charge in [0.15, 0.2) is 0 Å². The molecule has 0 radical (unpaired) electrons. The molecule has 98 valence electrons. The summed E-state index contributed by atoms with van der Waals surface area (Å²) in [5, 5.41) is 0.490. The molecule has 0 bridgehead atoms. The van der Waals surface area contributed by atoms with Crippen molar-refractivity contribution in [1.29, 1.82) is 0 Å². The number of anilines is 2. The number of nitrogens with two attached hydrogens (primary N) is 1. The lowest BCUT2D eigenvalue weighted by Crippen LogP contribution is -2.30. The van der Waals surface area contributed by atoms with Crippen LogP contribution in [0.2, 0.25) is 5.02 Å². The number of benzene rings is 1. The molecule has 0 fully saturated rings. The monoisotopic (exact) mass is 277 g/mol. The SMILES string of the molecule is Cc1cc(N)nc(NNC(=O)c2cccc(Cl)c2)n1. The topological polar surface area (TPSA) is 92.9 Å². The molecule has 0 aliphatic rings. The van der Waals surface area contributed by atoms with Crippen molar-refractivity contribution in [3.05, 3.63) is 46.6 Å². The van der Waals surface area contributed by atoms with E-state index in [1.807, 2.05) is 0 Å². The number of nitrogen functional groups attached to an aromatic ring is 1. The Hall–Kier alpha value is -2.34. The molecule has 0 aliphatic carbocycles. The minimum Gasteiger partial charge on any atom is -0.384 e. The normalized spacial score (nSPS) is 10.0. The molecular weight excluding hydrogens is 266 g/mol. The van der Waals surface area contributed by atoms with E-state index in [1.54, 1.807) is 37.3 Å². The lowest BCUT2D eigenvalue weighted by atomic mass is 10.2. The van der Waals surface area contributed by atoms with Gasteiger partial charge in [-0.25, -0.2) is 4.98 Å². The number of hydrogen-bond acceptors (Lipinski definition) is 5. The third-order valence-electron chi connectivity index (χ3n) is 2.25. The first-order chi connectivity index (χ1) is 9.04. The predicted octanol–water partition coefficient (Wildman–Crippen LogP) is 1.78. The van der Waals surface area contributed by atoms with Crippen LogP contribution in [0.4, 0.5) is 11.8 Å². The van der Waals surface area contributed by atoms with Crippen LogP contribution < -0.4 is 16.6 Å². The first kappa shape index (κ1) is 13.1. The van der Waals surface area contributed by atoms with Gasteiger partial charge in [-0.3, -0.25) is 15.6 Å². The third kappa shape index (κ3) is 3.56. The second-order valence-electron chi connectivity index (χ2n) is 3.85. The number of hydrazine groups is 1. The number of carbonyl (C=O) groups excluding carboxylic acids is 1. The lowest BCUT2D eigenvalue weighted by Gasteiger charge is -2.08. The summed E-state index contributed by atoms with van der Waals surface area (Å²) < 4.78 is 0. The zero-order valence-corrected chi connectivity index (χ0v) is 10.9. The Labute approximate surface area is 115 Å². The Morgan fingerprint density at radius 2 is 2.11 bits per heavy atom. The summed E-state index contributed by atoms with van der Waals surface area (Å²) in [6.45, 7) is 1.78. The van der Waals surface area contributed by atoms with Crippen molar-refractivity contribution >= 4 is 29.3 Å². The van der Waals surface area contributed by atoms with Gasteiger partial charge in [-0.2, -0.15) is 4.98 Å². The Morgan fingerprint density at radius 1 is 1.32 bits per heavy atom. The van der Waals surface area contributed by atoms with Crippen molar-refractivity contribution in [2.45, 2.75) is 6.92 Å². The average molecular weight is 278 g/mol. The molecule has 0 atom stereocenters. The van der Waals surface area contributed by atoms with Crippen LogP contribution in [0.3, 0.4) is 0 Å². The summed E-state index contributed by atoms with van der Waals surface area (Å²) in [7, 11) is 0. The lowest BCUT2D eigenvalue weighted by molar-refractivity contribution is 0.0962. The van der Waals surface area contributed by atoms with Crippen molar-refractivity contribution < 1.29 is 4.79 Å². The Kier molecular flexibility index (Phi) is 3.82. The van der Waals surface area contributed by atoms with E-state index in [-0.39, 0.29) is 11.9 Å². The average Bonchev–Trinajstić information content (AvgIpc) is 2.35. The molecule has 19 heavy (non-hydrogen) atoms. The van der Waals surface area contributed by atoms with Crippen LogP contribution >= 0.6 is 11.6 Å². The van der Waals surface area contributed by atoms with Gasteiger partial charge < -0.3 is 5.73 Å². The molecule has 0 unspecified atom stereocenters. The number of nitrogens with zero attached hydrogens (tertiary/aromatic N) is 2. The largest absolute Gasteiger partial charge is 0.384 e. The number of aryl methyl sites for hydroxylation is 1. The molecule has 1 amide bonds. The highest BCUT2D eigenvalue weighted by atomic mass is 35.5. The molecule has 1 aromatic carbocycles. The fourth-order valence-electron chi connectivity index (χ4n) is 1.46. The molecule has 0 aliphatic heterocycles. The van der Waals surface area contributed by atoms with Crippen LogP contribution in [0, 0.1) is 6.92 Å². The number of hydrogen-bond donors (Lipinski definition) is 3. The maximum atomic E-state index is 11.8. The molecule has 1 heterocycles. The number of aromatic nitrogens is 2. The quantitative estimate of drug-likeness (QED) is 0.744. The molecule has 4 N–H and O–H groups in total. The van der Waals surface area contributed by atoms with Crippen molar-refractivity contribution in [3.63, 3.8) is 0 Å². The second kappa shape index (κ2) is 5.53. The van der Waals surface area contributed by atoms with E-state index >= 15 is 0 Å². The molecule has 7 heteroatoms. The molecule has 0 spiro atoms. The van der Waals surface area contributed by atoms with Crippen molar-refractivity contribution in [1.82, 2.24) is 15.4 Å². The number of nitrogens with one attached hydrogen (secondary N) is 2.